The van der Waals surface area contributed by atoms with Crippen LogP contribution in [0.1, 0.15) is 16.7 Å². The van der Waals surface area contributed by atoms with Crippen molar-refractivity contribution in [3.05, 3.63) is 83.7 Å². The minimum atomic E-state index is -0.461. The fourth-order valence-electron chi connectivity index (χ4n) is 2.72. The maximum Gasteiger partial charge on any atom is 0.411 e. The molecule has 0 spiro atoms. The lowest BCUT2D eigenvalue weighted by Gasteiger charge is -2.09. The van der Waals surface area contributed by atoms with Gasteiger partial charge in [-0.05, 0) is 65.9 Å². The van der Waals surface area contributed by atoms with Crippen LogP contribution in [0.15, 0.2) is 67.0 Å². The Morgan fingerprint density at radius 3 is 2.48 bits per heavy atom. The summed E-state index contributed by atoms with van der Waals surface area (Å²) >= 11 is 0. The molecule has 4 nitrogen and oxygen atoms in total. The summed E-state index contributed by atoms with van der Waals surface area (Å²) in [5.41, 5.74) is 5.94. The van der Waals surface area contributed by atoms with Crippen LogP contribution in [0.3, 0.4) is 0 Å². The van der Waals surface area contributed by atoms with Gasteiger partial charge in [0, 0.05) is 18.1 Å². The van der Waals surface area contributed by atoms with Gasteiger partial charge in [0.25, 0.3) is 0 Å². The van der Waals surface area contributed by atoms with Gasteiger partial charge in [-0.15, -0.1) is 0 Å². The number of hydrogen-bond acceptors (Lipinski definition) is 3. The molecule has 3 rings (SSSR count). The fraction of sp³-hybridized carbons (Fsp3) is 0.143. The molecule has 0 aliphatic rings. The van der Waals surface area contributed by atoms with E-state index in [-0.39, 0.29) is 6.61 Å². The molecule has 0 radical (unpaired) electrons. The lowest BCUT2D eigenvalue weighted by molar-refractivity contribution is 0.155. The number of hydrogen-bond donors (Lipinski definition) is 1. The molecule has 0 aliphatic carbocycles. The topological polar surface area (TPSA) is 51.2 Å². The standard InChI is InChI=1S/C21H20N2O2/c1-15-9-16(2)11-20(10-15)23-21(24)25-14-17-5-3-6-18(12-17)19-7-4-8-22-13-19/h3-13H,14H2,1-2H3,(H,23,24). The van der Waals surface area contributed by atoms with Gasteiger partial charge in [-0.3, -0.25) is 10.3 Å². The second-order valence-electron chi connectivity index (χ2n) is 6.02. The van der Waals surface area contributed by atoms with Crippen LogP contribution in [0, 0.1) is 13.8 Å². The number of pyridine rings is 1. The van der Waals surface area contributed by atoms with E-state index in [2.05, 4.69) is 16.4 Å². The highest BCUT2D eigenvalue weighted by Crippen LogP contribution is 2.20. The summed E-state index contributed by atoms with van der Waals surface area (Å²) < 4.78 is 5.34. The van der Waals surface area contributed by atoms with Crippen molar-refractivity contribution in [2.24, 2.45) is 0 Å². The number of carbonyl (C=O) groups is 1. The minimum absolute atomic E-state index is 0.213. The molecule has 0 unspecified atom stereocenters. The van der Waals surface area contributed by atoms with Crippen molar-refractivity contribution in [2.45, 2.75) is 20.5 Å². The van der Waals surface area contributed by atoms with Gasteiger partial charge in [0.2, 0.25) is 0 Å². The molecule has 25 heavy (non-hydrogen) atoms. The van der Waals surface area contributed by atoms with Crippen molar-refractivity contribution in [3.63, 3.8) is 0 Å². The first kappa shape index (κ1) is 16.7. The summed E-state index contributed by atoms with van der Waals surface area (Å²) in [6.07, 6.45) is 3.09. The molecule has 1 N–H and O–H groups in total. The van der Waals surface area contributed by atoms with Crippen molar-refractivity contribution >= 4 is 11.8 Å². The molecule has 2 aromatic carbocycles. The zero-order valence-electron chi connectivity index (χ0n) is 14.3. The molecule has 1 amide bonds. The first-order chi connectivity index (χ1) is 12.1. The van der Waals surface area contributed by atoms with Gasteiger partial charge < -0.3 is 4.74 Å². The number of benzene rings is 2. The van der Waals surface area contributed by atoms with E-state index in [0.29, 0.717) is 0 Å². The number of amides is 1. The Hall–Kier alpha value is -3.14. The van der Waals surface area contributed by atoms with Gasteiger partial charge in [-0.2, -0.15) is 0 Å². The average Bonchev–Trinajstić information content (AvgIpc) is 2.60. The van der Waals surface area contributed by atoms with Gasteiger partial charge in [-0.25, -0.2) is 4.79 Å². The summed E-state index contributed by atoms with van der Waals surface area (Å²) in [6, 6.07) is 17.7. The van der Waals surface area contributed by atoms with E-state index in [0.717, 1.165) is 33.5 Å². The third kappa shape index (κ3) is 4.67. The number of carbonyl (C=O) groups excluding carboxylic acids is 1. The summed E-state index contributed by atoms with van der Waals surface area (Å²) in [7, 11) is 0. The van der Waals surface area contributed by atoms with Crippen LogP contribution in [0.25, 0.3) is 11.1 Å². The number of rotatable bonds is 4. The van der Waals surface area contributed by atoms with E-state index in [1.807, 2.05) is 68.6 Å². The van der Waals surface area contributed by atoms with Crippen LogP contribution < -0.4 is 5.32 Å². The predicted molar refractivity (Wildman–Crippen MR) is 99.4 cm³/mol. The van der Waals surface area contributed by atoms with Crippen LogP contribution in [0.5, 0.6) is 0 Å². The first-order valence-electron chi connectivity index (χ1n) is 8.11. The summed E-state index contributed by atoms with van der Waals surface area (Å²) in [4.78, 5) is 16.2. The summed E-state index contributed by atoms with van der Waals surface area (Å²) in [6.45, 7) is 4.20. The molecule has 0 fully saturated rings. The Balaban J connectivity index is 1.62. The van der Waals surface area contributed by atoms with E-state index < -0.39 is 6.09 Å². The Labute approximate surface area is 147 Å². The van der Waals surface area contributed by atoms with Gasteiger partial charge in [-0.1, -0.05) is 30.3 Å². The van der Waals surface area contributed by atoms with Crippen molar-refractivity contribution in [1.82, 2.24) is 4.98 Å². The molecule has 0 saturated heterocycles. The lowest BCUT2D eigenvalue weighted by Crippen LogP contribution is -2.13. The molecule has 0 saturated carbocycles. The first-order valence-corrected chi connectivity index (χ1v) is 8.11. The Morgan fingerprint density at radius 1 is 1.00 bits per heavy atom. The normalized spacial score (nSPS) is 10.3. The smallest absolute Gasteiger partial charge is 0.411 e. The largest absolute Gasteiger partial charge is 0.444 e. The fourth-order valence-corrected chi connectivity index (χ4v) is 2.72. The SMILES string of the molecule is Cc1cc(C)cc(NC(=O)OCc2cccc(-c3cccnc3)c2)c1. The Morgan fingerprint density at radius 2 is 1.76 bits per heavy atom. The van der Waals surface area contributed by atoms with E-state index >= 15 is 0 Å². The van der Waals surface area contributed by atoms with Crippen LogP contribution in [-0.2, 0) is 11.3 Å². The van der Waals surface area contributed by atoms with Crippen LogP contribution in [-0.4, -0.2) is 11.1 Å². The Bertz CT molecular complexity index is 856. The van der Waals surface area contributed by atoms with Gasteiger partial charge >= 0.3 is 6.09 Å². The number of nitrogens with one attached hydrogen (secondary N) is 1. The van der Waals surface area contributed by atoms with E-state index in [1.165, 1.54) is 0 Å². The van der Waals surface area contributed by atoms with Crippen molar-refractivity contribution in [3.8, 4) is 11.1 Å². The van der Waals surface area contributed by atoms with Crippen molar-refractivity contribution < 1.29 is 9.53 Å². The number of aromatic nitrogens is 1. The minimum Gasteiger partial charge on any atom is -0.444 e. The zero-order valence-corrected chi connectivity index (χ0v) is 14.3. The maximum absolute atomic E-state index is 12.0. The van der Waals surface area contributed by atoms with E-state index in [4.69, 9.17) is 4.74 Å². The molecule has 126 valence electrons. The third-order valence-corrected chi connectivity index (χ3v) is 3.76. The van der Waals surface area contributed by atoms with Gasteiger partial charge in [0.15, 0.2) is 0 Å². The van der Waals surface area contributed by atoms with Crippen molar-refractivity contribution in [1.29, 1.82) is 0 Å². The highest BCUT2D eigenvalue weighted by molar-refractivity contribution is 5.84. The summed E-state index contributed by atoms with van der Waals surface area (Å²) in [5.74, 6) is 0. The molecular formula is C21H20N2O2. The molecule has 4 heteroatoms. The number of aryl methyl sites for hydroxylation is 2. The number of ether oxygens (including phenoxy) is 1. The molecule has 0 aliphatic heterocycles. The van der Waals surface area contributed by atoms with E-state index in [9.17, 15) is 4.79 Å². The lowest BCUT2D eigenvalue weighted by atomic mass is 10.1. The highest BCUT2D eigenvalue weighted by Gasteiger charge is 2.06. The summed E-state index contributed by atoms with van der Waals surface area (Å²) in [5, 5.41) is 2.77. The van der Waals surface area contributed by atoms with Crippen LogP contribution in [0.4, 0.5) is 10.5 Å². The zero-order chi connectivity index (χ0) is 17.6. The molecule has 0 atom stereocenters. The molecule has 1 heterocycles. The second kappa shape index (κ2) is 7.62. The molecular weight excluding hydrogens is 312 g/mol. The Kier molecular flexibility index (Phi) is 5.09. The van der Waals surface area contributed by atoms with Crippen LogP contribution >= 0.6 is 0 Å². The predicted octanol–water partition coefficient (Wildman–Crippen LogP) is 5.11. The van der Waals surface area contributed by atoms with Gasteiger partial charge in [0.05, 0.1) is 0 Å². The maximum atomic E-state index is 12.0. The van der Waals surface area contributed by atoms with E-state index in [1.54, 1.807) is 6.20 Å². The molecule has 3 aromatic rings. The monoisotopic (exact) mass is 332 g/mol. The van der Waals surface area contributed by atoms with Crippen LogP contribution in [0.2, 0.25) is 0 Å². The second-order valence-corrected chi connectivity index (χ2v) is 6.02. The number of anilines is 1. The molecule has 1 aromatic heterocycles. The average molecular weight is 332 g/mol. The molecule has 0 bridgehead atoms. The highest BCUT2D eigenvalue weighted by atomic mass is 16.5. The quantitative estimate of drug-likeness (QED) is 0.722. The van der Waals surface area contributed by atoms with Gasteiger partial charge in [0.1, 0.15) is 6.61 Å². The van der Waals surface area contributed by atoms with Crippen molar-refractivity contribution in [2.75, 3.05) is 5.32 Å². The number of nitrogens with zero attached hydrogens (tertiary/aromatic N) is 1. The third-order valence-electron chi connectivity index (χ3n) is 3.76.